The van der Waals surface area contributed by atoms with Crippen molar-refractivity contribution in [3.05, 3.63) is 83.9 Å². The molecule has 186 valence electrons. The lowest BCUT2D eigenvalue weighted by Crippen LogP contribution is -2.36. The predicted octanol–water partition coefficient (Wildman–Crippen LogP) is 4.61. The number of rotatable bonds is 4. The molecule has 8 nitrogen and oxygen atoms in total. The number of ether oxygens (including phenoxy) is 1. The third-order valence-corrected chi connectivity index (χ3v) is 6.91. The number of nitrogens with zero attached hydrogens (tertiary/aromatic N) is 6. The molecule has 0 bridgehead atoms. The van der Waals surface area contributed by atoms with Crippen LogP contribution in [-0.2, 0) is 0 Å². The van der Waals surface area contributed by atoms with Crippen LogP contribution in [0, 0.1) is 6.92 Å². The lowest BCUT2D eigenvalue weighted by molar-refractivity contribution is 0.0767. The smallest absolute Gasteiger partial charge is 0.253 e. The fraction of sp³-hybridized carbons (Fsp3) is 0.241. The molecule has 3 heterocycles. The van der Waals surface area contributed by atoms with E-state index in [1.54, 1.807) is 7.11 Å². The zero-order chi connectivity index (χ0) is 25.4. The van der Waals surface area contributed by atoms with Crippen molar-refractivity contribution in [1.82, 2.24) is 24.5 Å². The summed E-state index contributed by atoms with van der Waals surface area (Å²) in [7, 11) is 1.62. The number of carbonyl (C=O) groups is 1. The van der Waals surface area contributed by atoms with Crippen molar-refractivity contribution in [3.63, 3.8) is 0 Å². The highest BCUT2D eigenvalue weighted by Gasteiger charge is 2.25. The first-order chi connectivity index (χ1) is 18.1. The Bertz CT molecular complexity index is 1590. The molecule has 5 aromatic rings. The minimum atomic E-state index is 0.0332. The summed E-state index contributed by atoms with van der Waals surface area (Å²) in [6.45, 7) is 4.80. The Hall–Kier alpha value is -4.46. The lowest BCUT2D eigenvalue weighted by Gasteiger charge is -2.24. The molecule has 0 spiro atoms. The molecule has 0 N–H and O–H groups in total. The fourth-order valence-electron chi connectivity index (χ4n) is 4.99. The van der Waals surface area contributed by atoms with E-state index in [9.17, 15) is 4.79 Å². The van der Waals surface area contributed by atoms with E-state index in [1.807, 2.05) is 59.5 Å². The number of benzene rings is 3. The number of fused-ring (bicyclic) bond motifs is 3. The molecule has 0 aliphatic carbocycles. The van der Waals surface area contributed by atoms with E-state index in [0.29, 0.717) is 25.2 Å². The second-order valence-electron chi connectivity index (χ2n) is 9.34. The van der Waals surface area contributed by atoms with Crippen molar-refractivity contribution in [1.29, 1.82) is 0 Å². The van der Waals surface area contributed by atoms with Crippen molar-refractivity contribution in [2.24, 2.45) is 0 Å². The fourth-order valence-corrected chi connectivity index (χ4v) is 4.99. The number of amides is 1. The second-order valence-corrected chi connectivity index (χ2v) is 9.34. The first kappa shape index (κ1) is 23.0. The summed E-state index contributed by atoms with van der Waals surface area (Å²) < 4.78 is 7.30. The minimum absolute atomic E-state index is 0.0332. The molecule has 0 unspecified atom stereocenters. The Morgan fingerprint density at radius 3 is 2.54 bits per heavy atom. The van der Waals surface area contributed by atoms with Crippen LogP contribution in [0.15, 0.2) is 72.8 Å². The second kappa shape index (κ2) is 9.54. The monoisotopic (exact) mass is 492 g/mol. The quantitative estimate of drug-likeness (QED) is 0.365. The van der Waals surface area contributed by atoms with Crippen LogP contribution in [0.5, 0.6) is 5.75 Å². The van der Waals surface area contributed by atoms with Gasteiger partial charge in [0, 0.05) is 42.7 Å². The van der Waals surface area contributed by atoms with Gasteiger partial charge in [0.25, 0.3) is 5.91 Å². The minimum Gasteiger partial charge on any atom is -0.497 e. The molecule has 8 heteroatoms. The van der Waals surface area contributed by atoms with Gasteiger partial charge in [-0.05, 0) is 55.8 Å². The van der Waals surface area contributed by atoms with Gasteiger partial charge in [-0.25, -0.2) is 9.38 Å². The molecule has 1 amide bonds. The molecule has 2 aromatic heterocycles. The molecular formula is C29H28N6O2. The summed E-state index contributed by atoms with van der Waals surface area (Å²) >= 11 is 0. The third-order valence-electron chi connectivity index (χ3n) is 6.91. The number of hydrogen-bond acceptors (Lipinski definition) is 6. The van der Waals surface area contributed by atoms with Gasteiger partial charge >= 0.3 is 0 Å². The van der Waals surface area contributed by atoms with Gasteiger partial charge < -0.3 is 14.5 Å². The maximum absolute atomic E-state index is 13.2. The Morgan fingerprint density at radius 2 is 1.73 bits per heavy atom. The summed E-state index contributed by atoms with van der Waals surface area (Å²) in [6.07, 6.45) is 0.833. The van der Waals surface area contributed by atoms with Gasteiger partial charge in [0.05, 0.1) is 12.6 Å². The zero-order valence-corrected chi connectivity index (χ0v) is 21.0. The molecule has 0 saturated carbocycles. The number of methoxy groups -OCH3 is 1. The summed E-state index contributed by atoms with van der Waals surface area (Å²) in [4.78, 5) is 22.5. The van der Waals surface area contributed by atoms with Crippen LogP contribution >= 0.6 is 0 Å². The molecule has 1 saturated heterocycles. The molecule has 0 radical (unpaired) electrons. The molecular weight excluding hydrogens is 464 g/mol. The van der Waals surface area contributed by atoms with E-state index in [2.05, 4.69) is 44.6 Å². The average molecular weight is 493 g/mol. The Labute approximate surface area is 215 Å². The normalized spacial score (nSPS) is 14.2. The summed E-state index contributed by atoms with van der Waals surface area (Å²) in [5, 5.41) is 10.2. The van der Waals surface area contributed by atoms with E-state index < -0.39 is 0 Å². The molecule has 3 aromatic carbocycles. The van der Waals surface area contributed by atoms with Crippen molar-refractivity contribution in [2.45, 2.75) is 13.3 Å². The van der Waals surface area contributed by atoms with E-state index >= 15 is 0 Å². The van der Waals surface area contributed by atoms with Crippen LogP contribution in [0.3, 0.4) is 0 Å². The van der Waals surface area contributed by atoms with Gasteiger partial charge in [-0.3, -0.25) is 4.79 Å². The molecule has 1 aliphatic heterocycles. The largest absolute Gasteiger partial charge is 0.497 e. The molecule has 1 fully saturated rings. The highest BCUT2D eigenvalue weighted by molar-refractivity contribution is 5.95. The van der Waals surface area contributed by atoms with E-state index in [1.165, 1.54) is 0 Å². The topological polar surface area (TPSA) is 75.9 Å². The molecule has 6 rings (SSSR count). The van der Waals surface area contributed by atoms with Crippen LogP contribution in [0.2, 0.25) is 0 Å². The van der Waals surface area contributed by atoms with Crippen molar-refractivity contribution in [3.8, 4) is 17.1 Å². The van der Waals surface area contributed by atoms with Crippen LogP contribution in [0.4, 0.5) is 5.95 Å². The molecule has 37 heavy (non-hydrogen) atoms. The van der Waals surface area contributed by atoms with Crippen molar-refractivity contribution >= 4 is 28.4 Å². The summed E-state index contributed by atoms with van der Waals surface area (Å²) in [5.74, 6) is 2.34. The third kappa shape index (κ3) is 4.24. The Balaban J connectivity index is 1.37. The number of aromatic nitrogens is 4. The first-order valence-corrected chi connectivity index (χ1v) is 12.5. The van der Waals surface area contributed by atoms with Crippen LogP contribution in [0.1, 0.15) is 22.3 Å². The highest BCUT2D eigenvalue weighted by Crippen LogP contribution is 2.29. The molecule has 0 atom stereocenters. The van der Waals surface area contributed by atoms with Gasteiger partial charge in [0.1, 0.15) is 5.75 Å². The Morgan fingerprint density at radius 1 is 0.892 bits per heavy atom. The van der Waals surface area contributed by atoms with Crippen LogP contribution in [0.25, 0.3) is 27.9 Å². The van der Waals surface area contributed by atoms with E-state index in [0.717, 1.165) is 58.2 Å². The zero-order valence-electron chi connectivity index (χ0n) is 21.0. The molecule has 1 aliphatic rings. The lowest BCUT2D eigenvalue weighted by atomic mass is 10.1. The predicted molar refractivity (Wildman–Crippen MR) is 144 cm³/mol. The van der Waals surface area contributed by atoms with Gasteiger partial charge in [0.2, 0.25) is 5.95 Å². The van der Waals surface area contributed by atoms with Crippen molar-refractivity contribution in [2.75, 3.05) is 38.2 Å². The first-order valence-electron chi connectivity index (χ1n) is 12.5. The SMILES string of the molecule is COc1ccc(C(=O)N2CCCN(c3nc4ccccc4c4nnc(-c5cccc(C)c5)n34)CC2)cc1. The number of anilines is 1. The number of para-hydroxylation sites is 1. The average Bonchev–Trinajstić information content (AvgIpc) is 3.24. The number of hydrogen-bond donors (Lipinski definition) is 0. The Kier molecular flexibility index (Phi) is 5.92. The number of carbonyl (C=O) groups excluding carboxylic acids is 1. The van der Waals surface area contributed by atoms with Gasteiger partial charge in [-0.2, -0.15) is 0 Å². The van der Waals surface area contributed by atoms with Crippen LogP contribution < -0.4 is 9.64 Å². The van der Waals surface area contributed by atoms with Gasteiger partial charge in [0.15, 0.2) is 11.5 Å². The van der Waals surface area contributed by atoms with E-state index in [4.69, 9.17) is 9.72 Å². The number of aryl methyl sites for hydroxylation is 1. The van der Waals surface area contributed by atoms with Crippen molar-refractivity contribution < 1.29 is 9.53 Å². The summed E-state index contributed by atoms with van der Waals surface area (Å²) in [5.41, 5.74) is 4.49. The summed E-state index contributed by atoms with van der Waals surface area (Å²) in [6, 6.07) is 23.6. The maximum atomic E-state index is 13.2. The van der Waals surface area contributed by atoms with Gasteiger partial charge in [-0.1, -0.05) is 35.9 Å². The highest BCUT2D eigenvalue weighted by atomic mass is 16.5. The standard InChI is InChI=1S/C29H28N6O2/c1-20-7-5-8-22(19-20)26-31-32-27-24-9-3-4-10-25(24)30-29(35(26)27)34-16-6-15-33(17-18-34)28(36)21-11-13-23(37-2)14-12-21/h3-5,7-14,19H,6,15-18H2,1-2H3. The van der Waals surface area contributed by atoms with E-state index in [-0.39, 0.29) is 5.91 Å². The van der Waals surface area contributed by atoms with Gasteiger partial charge in [-0.15, -0.1) is 10.2 Å². The maximum Gasteiger partial charge on any atom is 0.253 e. The van der Waals surface area contributed by atoms with Crippen LogP contribution in [-0.4, -0.2) is 63.7 Å².